The number of hydrogen-bond acceptors (Lipinski definition) is 7. The van der Waals surface area contributed by atoms with E-state index < -0.39 is 17.7 Å². The third-order valence-electron chi connectivity index (χ3n) is 5.79. The van der Waals surface area contributed by atoms with Gasteiger partial charge in [-0.3, -0.25) is 9.59 Å². The van der Waals surface area contributed by atoms with E-state index in [0.29, 0.717) is 61.3 Å². The Morgan fingerprint density at radius 1 is 1.12 bits per heavy atom. The molecule has 0 aromatic heterocycles. The van der Waals surface area contributed by atoms with Crippen LogP contribution in [-0.2, 0) is 9.59 Å². The molecule has 1 atom stereocenters. The second-order valence-electron chi connectivity index (χ2n) is 8.58. The van der Waals surface area contributed by atoms with Crippen molar-refractivity contribution < 1.29 is 28.9 Å². The van der Waals surface area contributed by atoms with Gasteiger partial charge in [0.05, 0.1) is 18.2 Å². The molecule has 2 heterocycles. The molecule has 4 rings (SSSR count). The Kier molecular flexibility index (Phi) is 7.07. The van der Waals surface area contributed by atoms with Gasteiger partial charge < -0.3 is 29.1 Å². The summed E-state index contributed by atoms with van der Waals surface area (Å²) in [6.07, 6.45) is 0.857. The first-order valence-corrected chi connectivity index (χ1v) is 11.5. The Labute approximate surface area is 199 Å². The molecule has 1 saturated heterocycles. The second kappa shape index (κ2) is 10.2. The number of aliphatic hydroxyl groups is 1. The molecule has 2 aromatic rings. The highest BCUT2D eigenvalue weighted by molar-refractivity contribution is 6.46. The number of ether oxygens (including phenoxy) is 3. The van der Waals surface area contributed by atoms with Crippen LogP contribution in [0.15, 0.2) is 48.0 Å². The number of rotatable bonds is 8. The molecule has 8 nitrogen and oxygen atoms in total. The molecule has 0 aliphatic carbocycles. The number of likely N-dealkylation sites (tertiary alicyclic amines) is 1. The van der Waals surface area contributed by atoms with E-state index in [-0.39, 0.29) is 11.3 Å². The number of benzene rings is 2. The van der Waals surface area contributed by atoms with Crippen LogP contribution in [0, 0.1) is 0 Å². The maximum absolute atomic E-state index is 13.2. The lowest BCUT2D eigenvalue weighted by Gasteiger charge is -2.27. The molecule has 0 radical (unpaired) electrons. The van der Waals surface area contributed by atoms with Crippen LogP contribution in [0.5, 0.6) is 17.2 Å². The van der Waals surface area contributed by atoms with Crippen molar-refractivity contribution in [3.8, 4) is 17.2 Å². The summed E-state index contributed by atoms with van der Waals surface area (Å²) in [7, 11) is 3.81. The summed E-state index contributed by atoms with van der Waals surface area (Å²) < 4.78 is 17.0. The van der Waals surface area contributed by atoms with Gasteiger partial charge in [0.15, 0.2) is 11.5 Å². The van der Waals surface area contributed by atoms with Gasteiger partial charge in [0.2, 0.25) is 0 Å². The number of carbonyl (C=O) groups is 2. The quantitative estimate of drug-likeness (QED) is 0.363. The number of fused-ring (bicyclic) bond motifs is 1. The van der Waals surface area contributed by atoms with Crippen LogP contribution in [0.2, 0.25) is 0 Å². The Morgan fingerprint density at radius 3 is 2.62 bits per heavy atom. The van der Waals surface area contributed by atoms with Crippen molar-refractivity contribution in [2.45, 2.75) is 19.4 Å². The molecule has 0 saturated carbocycles. The van der Waals surface area contributed by atoms with Crippen LogP contribution < -0.4 is 14.2 Å². The highest BCUT2D eigenvalue weighted by Crippen LogP contribution is 2.41. The zero-order chi connectivity index (χ0) is 24.2. The molecule has 1 fully saturated rings. The predicted molar refractivity (Wildman–Crippen MR) is 127 cm³/mol. The first-order valence-electron chi connectivity index (χ1n) is 11.5. The molecule has 0 spiro atoms. The Bertz CT molecular complexity index is 1110. The zero-order valence-corrected chi connectivity index (χ0v) is 19.7. The molecule has 2 aliphatic rings. The number of amides is 1. The number of nitrogens with zero attached hydrogens (tertiary/aromatic N) is 2. The van der Waals surface area contributed by atoms with Crippen molar-refractivity contribution in [2.24, 2.45) is 0 Å². The summed E-state index contributed by atoms with van der Waals surface area (Å²) in [4.78, 5) is 29.7. The first kappa shape index (κ1) is 23.6. The van der Waals surface area contributed by atoms with Gasteiger partial charge in [0, 0.05) is 18.7 Å². The molecule has 180 valence electrons. The van der Waals surface area contributed by atoms with Crippen LogP contribution in [0.4, 0.5) is 0 Å². The lowest BCUT2D eigenvalue weighted by molar-refractivity contribution is -0.140. The fourth-order valence-corrected chi connectivity index (χ4v) is 4.11. The van der Waals surface area contributed by atoms with E-state index in [9.17, 15) is 14.7 Å². The minimum atomic E-state index is -0.738. The fraction of sp³-hybridized carbons (Fsp3) is 0.385. The summed E-state index contributed by atoms with van der Waals surface area (Å²) in [6, 6.07) is 11.6. The molecular weight excluding hydrogens is 436 g/mol. The smallest absolute Gasteiger partial charge is 0.295 e. The molecule has 0 bridgehead atoms. The van der Waals surface area contributed by atoms with Crippen molar-refractivity contribution in [1.82, 2.24) is 9.80 Å². The summed E-state index contributed by atoms with van der Waals surface area (Å²) >= 11 is 0. The average molecular weight is 467 g/mol. The zero-order valence-electron chi connectivity index (χ0n) is 19.7. The van der Waals surface area contributed by atoms with Crippen molar-refractivity contribution >= 4 is 17.4 Å². The van der Waals surface area contributed by atoms with E-state index in [1.165, 1.54) is 4.90 Å². The van der Waals surface area contributed by atoms with Gasteiger partial charge in [-0.05, 0) is 56.4 Å². The van der Waals surface area contributed by atoms with Gasteiger partial charge in [-0.2, -0.15) is 0 Å². The van der Waals surface area contributed by atoms with Crippen LogP contribution in [0.25, 0.3) is 5.76 Å². The van der Waals surface area contributed by atoms with E-state index in [1.54, 1.807) is 18.2 Å². The number of aliphatic hydroxyl groups excluding tert-OH is 1. The summed E-state index contributed by atoms with van der Waals surface area (Å²) in [5, 5.41) is 11.3. The van der Waals surface area contributed by atoms with Crippen LogP contribution in [0.1, 0.15) is 30.5 Å². The van der Waals surface area contributed by atoms with Gasteiger partial charge in [0.25, 0.3) is 11.7 Å². The minimum absolute atomic E-state index is 0.0491. The molecule has 1 amide bonds. The van der Waals surface area contributed by atoms with E-state index in [1.807, 2.05) is 50.2 Å². The fourth-order valence-electron chi connectivity index (χ4n) is 4.11. The van der Waals surface area contributed by atoms with E-state index in [2.05, 4.69) is 0 Å². The Hall–Kier alpha value is -3.52. The molecule has 2 aromatic carbocycles. The van der Waals surface area contributed by atoms with Gasteiger partial charge in [-0.1, -0.05) is 19.1 Å². The SMILES string of the molecule is CCCOc1cccc([C@H]2/C(=C(\O)c3ccc4c(c3)OCCO4)C(=O)C(=O)N2CCN(C)C)c1. The largest absolute Gasteiger partial charge is 0.507 e. The molecule has 8 heteroatoms. The number of hydrogen-bond donors (Lipinski definition) is 1. The summed E-state index contributed by atoms with van der Waals surface area (Å²) in [5.41, 5.74) is 1.14. The van der Waals surface area contributed by atoms with Crippen molar-refractivity contribution in [2.75, 3.05) is 47.0 Å². The van der Waals surface area contributed by atoms with Crippen LogP contribution in [0.3, 0.4) is 0 Å². The van der Waals surface area contributed by atoms with Crippen LogP contribution >= 0.6 is 0 Å². The number of ketones is 1. The van der Waals surface area contributed by atoms with Crippen LogP contribution in [-0.4, -0.2) is 73.6 Å². The third-order valence-corrected chi connectivity index (χ3v) is 5.79. The summed E-state index contributed by atoms with van der Waals surface area (Å²) in [5.74, 6) is 0.126. The second-order valence-corrected chi connectivity index (χ2v) is 8.58. The van der Waals surface area contributed by atoms with Gasteiger partial charge in [0.1, 0.15) is 24.7 Å². The van der Waals surface area contributed by atoms with Gasteiger partial charge in [-0.25, -0.2) is 0 Å². The normalized spacial score (nSPS) is 19.1. The first-order chi connectivity index (χ1) is 16.4. The summed E-state index contributed by atoms with van der Waals surface area (Å²) in [6.45, 7) is 4.33. The number of carbonyl (C=O) groups excluding carboxylic acids is 2. The van der Waals surface area contributed by atoms with Crippen molar-refractivity contribution in [3.05, 3.63) is 59.2 Å². The van der Waals surface area contributed by atoms with E-state index >= 15 is 0 Å². The molecule has 34 heavy (non-hydrogen) atoms. The van der Waals surface area contributed by atoms with Gasteiger partial charge >= 0.3 is 0 Å². The highest BCUT2D eigenvalue weighted by Gasteiger charge is 2.46. The maximum atomic E-state index is 13.2. The van der Waals surface area contributed by atoms with Crippen molar-refractivity contribution in [3.63, 3.8) is 0 Å². The van der Waals surface area contributed by atoms with E-state index in [0.717, 1.165) is 6.42 Å². The molecular formula is C26H30N2O6. The minimum Gasteiger partial charge on any atom is -0.507 e. The monoisotopic (exact) mass is 466 g/mol. The predicted octanol–water partition coefficient (Wildman–Crippen LogP) is 3.23. The topological polar surface area (TPSA) is 88.5 Å². The standard InChI is InChI=1S/C26H30N2O6/c1-4-12-32-19-7-5-6-17(15-19)23-22(25(30)26(31)28(23)11-10-27(2)3)24(29)18-8-9-20-21(16-18)34-14-13-33-20/h5-9,15-16,23,29H,4,10-14H2,1-3H3/b24-22+/t23-/m0/s1. The molecule has 2 aliphatic heterocycles. The molecule has 0 unspecified atom stereocenters. The van der Waals surface area contributed by atoms with E-state index in [4.69, 9.17) is 14.2 Å². The lowest BCUT2D eigenvalue weighted by atomic mass is 9.95. The Balaban J connectivity index is 1.80. The number of likely N-dealkylation sites (N-methyl/N-ethyl adjacent to an activating group) is 1. The maximum Gasteiger partial charge on any atom is 0.295 e. The molecule has 1 N–H and O–H groups in total. The number of Topliss-reactive ketones (excluding diaryl/α,β-unsaturated/α-hetero) is 1. The lowest BCUT2D eigenvalue weighted by Crippen LogP contribution is -2.35. The Morgan fingerprint density at radius 2 is 1.88 bits per heavy atom. The third kappa shape index (κ3) is 4.72. The highest BCUT2D eigenvalue weighted by atomic mass is 16.6. The average Bonchev–Trinajstić information content (AvgIpc) is 3.10. The van der Waals surface area contributed by atoms with Gasteiger partial charge in [-0.15, -0.1) is 0 Å². The van der Waals surface area contributed by atoms with Crippen molar-refractivity contribution in [1.29, 1.82) is 0 Å².